The molecule has 0 atom stereocenters. The molecule has 1 aliphatic heterocycles. The van der Waals surface area contributed by atoms with E-state index in [1.807, 2.05) is 30.0 Å². The highest BCUT2D eigenvalue weighted by atomic mass is 32.2. The van der Waals surface area contributed by atoms with Crippen LogP contribution in [0.3, 0.4) is 0 Å². The number of nitrogens with zero attached hydrogens (tertiary/aromatic N) is 5. The third-order valence-electron chi connectivity index (χ3n) is 3.88. The summed E-state index contributed by atoms with van der Waals surface area (Å²) in [6, 6.07) is 5.92. The molecule has 0 saturated carbocycles. The van der Waals surface area contributed by atoms with Crippen molar-refractivity contribution in [2.75, 3.05) is 48.7 Å². The number of pyridine rings is 1. The van der Waals surface area contributed by atoms with Crippen LogP contribution >= 0.6 is 23.1 Å². The Hall–Kier alpha value is -1.87. The first-order valence-electron chi connectivity index (χ1n) is 8.40. The predicted molar refractivity (Wildman–Crippen MR) is 102 cm³/mol. The van der Waals surface area contributed by atoms with E-state index in [4.69, 9.17) is 0 Å². The third-order valence-corrected chi connectivity index (χ3v) is 5.90. The number of hydrogen-bond acceptors (Lipinski definition) is 8. The first kappa shape index (κ1) is 17.9. The van der Waals surface area contributed by atoms with Crippen LogP contribution in [0.4, 0.5) is 10.9 Å². The summed E-state index contributed by atoms with van der Waals surface area (Å²) in [7, 11) is 0. The average molecular weight is 379 g/mol. The minimum Gasteiger partial charge on any atom is -0.360 e. The number of nitrogens with one attached hydrogen (secondary N) is 1. The molecule has 0 unspecified atom stereocenters. The number of hydrogen-bond donors (Lipinski definition) is 1. The van der Waals surface area contributed by atoms with Crippen LogP contribution in [0.25, 0.3) is 0 Å². The molecule has 1 fully saturated rings. The molecule has 3 rings (SSSR count). The van der Waals surface area contributed by atoms with Crippen molar-refractivity contribution >= 4 is 40.0 Å². The fourth-order valence-corrected chi connectivity index (χ4v) is 4.42. The van der Waals surface area contributed by atoms with Gasteiger partial charge in [-0.2, -0.15) is 0 Å². The predicted octanol–water partition coefficient (Wildman–Crippen LogP) is 2.20. The fourth-order valence-electron chi connectivity index (χ4n) is 2.60. The second-order valence-corrected chi connectivity index (χ2v) is 7.88. The number of amides is 1. The lowest BCUT2D eigenvalue weighted by molar-refractivity contribution is -0.131. The molecular weight excluding hydrogens is 356 g/mol. The summed E-state index contributed by atoms with van der Waals surface area (Å²) in [5, 5.41) is 12.2. The molecule has 25 heavy (non-hydrogen) atoms. The van der Waals surface area contributed by atoms with Crippen LogP contribution < -0.4 is 10.2 Å². The minimum atomic E-state index is 0.213. The van der Waals surface area contributed by atoms with E-state index in [1.165, 1.54) is 11.3 Å². The van der Waals surface area contributed by atoms with Crippen molar-refractivity contribution in [3.63, 3.8) is 0 Å². The maximum Gasteiger partial charge on any atom is 0.223 e. The summed E-state index contributed by atoms with van der Waals surface area (Å²) >= 11 is 3.13. The monoisotopic (exact) mass is 378 g/mol. The van der Waals surface area contributed by atoms with Gasteiger partial charge in [-0.3, -0.25) is 4.79 Å². The summed E-state index contributed by atoms with van der Waals surface area (Å²) in [5.74, 6) is 1.93. The van der Waals surface area contributed by atoms with E-state index in [1.54, 1.807) is 18.0 Å². The van der Waals surface area contributed by atoms with E-state index in [0.29, 0.717) is 6.42 Å². The van der Waals surface area contributed by atoms with Crippen molar-refractivity contribution in [2.24, 2.45) is 0 Å². The third kappa shape index (κ3) is 5.05. The number of carbonyl (C=O) groups is 1. The van der Waals surface area contributed by atoms with Gasteiger partial charge in [-0.05, 0) is 19.1 Å². The molecule has 0 radical (unpaired) electrons. The molecule has 1 amide bonds. The molecule has 0 bridgehead atoms. The van der Waals surface area contributed by atoms with Crippen LogP contribution in [-0.2, 0) is 4.79 Å². The Morgan fingerprint density at radius 3 is 2.84 bits per heavy atom. The fraction of sp³-hybridized carbons (Fsp3) is 0.500. The van der Waals surface area contributed by atoms with Gasteiger partial charge in [0.1, 0.15) is 5.82 Å². The van der Waals surface area contributed by atoms with Crippen molar-refractivity contribution in [1.29, 1.82) is 0 Å². The van der Waals surface area contributed by atoms with Gasteiger partial charge in [0.2, 0.25) is 11.0 Å². The van der Waals surface area contributed by atoms with Crippen LogP contribution in [-0.4, -0.2) is 64.5 Å². The van der Waals surface area contributed by atoms with Crippen molar-refractivity contribution in [1.82, 2.24) is 20.1 Å². The molecule has 2 aromatic rings. The Bertz CT molecular complexity index is 672. The average Bonchev–Trinajstić information content (AvgIpc) is 3.10. The second-order valence-electron chi connectivity index (χ2n) is 5.56. The van der Waals surface area contributed by atoms with Gasteiger partial charge in [-0.1, -0.05) is 29.2 Å². The summed E-state index contributed by atoms with van der Waals surface area (Å²) in [4.78, 5) is 20.9. The molecule has 9 heteroatoms. The summed E-state index contributed by atoms with van der Waals surface area (Å²) in [6.07, 6.45) is 2.34. The Morgan fingerprint density at radius 2 is 2.12 bits per heavy atom. The van der Waals surface area contributed by atoms with E-state index in [9.17, 15) is 4.79 Å². The molecule has 7 nitrogen and oxygen atoms in total. The number of carbonyl (C=O) groups excluding carboxylic acids is 1. The van der Waals surface area contributed by atoms with Crippen molar-refractivity contribution in [3.05, 3.63) is 24.4 Å². The maximum atomic E-state index is 12.4. The lowest BCUT2D eigenvalue weighted by Gasteiger charge is -2.35. The Balaban J connectivity index is 1.39. The SMILES string of the molecule is CCNc1nnc(SCCC(=O)N2CCN(c3ccccn3)CC2)s1. The van der Waals surface area contributed by atoms with Crippen molar-refractivity contribution in [2.45, 2.75) is 17.7 Å². The second kappa shape index (κ2) is 9.00. The zero-order valence-corrected chi connectivity index (χ0v) is 15.9. The Kier molecular flexibility index (Phi) is 6.46. The quantitative estimate of drug-likeness (QED) is 0.740. The number of anilines is 2. The van der Waals surface area contributed by atoms with E-state index in [2.05, 4.69) is 25.4 Å². The zero-order chi connectivity index (χ0) is 17.5. The van der Waals surface area contributed by atoms with Crippen LogP contribution in [0.1, 0.15) is 13.3 Å². The van der Waals surface area contributed by atoms with Gasteiger partial charge in [-0.15, -0.1) is 10.2 Å². The molecular formula is C16H22N6OS2. The number of piperazine rings is 1. The van der Waals surface area contributed by atoms with Gasteiger partial charge in [0.05, 0.1) is 0 Å². The number of rotatable bonds is 7. The summed E-state index contributed by atoms with van der Waals surface area (Å²) < 4.78 is 0.906. The molecule has 2 aromatic heterocycles. The topological polar surface area (TPSA) is 74.2 Å². The lowest BCUT2D eigenvalue weighted by atomic mass is 10.3. The highest BCUT2D eigenvalue weighted by Gasteiger charge is 2.21. The minimum absolute atomic E-state index is 0.213. The van der Waals surface area contributed by atoms with Crippen LogP contribution in [0.5, 0.6) is 0 Å². The summed E-state index contributed by atoms with van der Waals surface area (Å²) in [6.45, 7) is 6.03. The normalized spacial score (nSPS) is 14.6. The van der Waals surface area contributed by atoms with E-state index < -0.39 is 0 Å². The first-order valence-corrected chi connectivity index (χ1v) is 10.2. The number of aromatic nitrogens is 3. The standard InChI is InChI=1S/C16H22N6OS2/c1-2-17-15-19-20-16(25-15)24-12-6-14(23)22-10-8-21(9-11-22)13-5-3-4-7-18-13/h3-5,7H,2,6,8-12H2,1H3,(H,17,19). The van der Waals surface area contributed by atoms with Gasteiger partial charge < -0.3 is 15.1 Å². The maximum absolute atomic E-state index is 12.4. The molecule has 0 aromatic carbocycles. The molecule has 1 saturated heterocycles. The van der Waals surface area contributed by atoms with E-state index >= 15 is 0 Å². The van der Waals surface area contributed by atoms with Gasteiger partial charge >= 0.3 is 0 Å². The molecule has 0 spiro atoms. The lowest BCUT2D eigenvalue weighted by Crippen LogP contribution is -2.49. The van der Waals surface area contributed by atoms with E-state index in [-0.39, 0.29) is 5.91 Å². The molecule has 0 aliphatic carbocycles. The highest BCUT2D eigenvalue weighted by molar-refractivity contribution is 8.01. The van der Waals surface area contributed by atoms with Gasteiger partial charge in [0.25, 0.3) is 0 Å². The molecule has 3 heterocycles. The Morgan fingerprint density at radius 1 is 1.28 bits per heavy atom. The first-order chi connectivity index (χ1) is 12.3. The highest BCUT2D eigenvalue weighted by Crippen LogP contribution is 2.26. The van der Waals surface area contributed by atoms with Crippen LogP contribution in [0, 0.1) is 0 Å². The smallest absolute Gasteiger partial charge is 0.223 e. The van der Waals surface area contributed by atoms with Gasteiger partial charge in [0.15, 0.2) is 4.34 Å². The number of thioether (sulfide) groups is 1. The van der Waals surface area contributed by atoms with E-state index in [0.717, 1.165) is 53.8 Å². The van der Waals surface area contributed by atoms with Crippen molar-refractivity contribution < 1.29 is 4.79 Å². The zero-order valence-electron chi connectivity index (χ0n) is 14.2. The largest absolute Gasteiger partial charge is 0.360 e. The van der Waals surface area contributed by atoms with Crippen LogP contribution in [0.15, 0.2) is 28.7 Å². The van der Waals surface area contributed by atoms with Gasteiger partial charge in [0, 0.05) is 51.1 Å². The van der Waals surface area contributed by atoms with Gasteiger partial charge in [-0.25, -0.2) is 4.98 Å². The molecule has 134 valence electrons. The summed E-state index contributed by atoms with van der Waals surface area (Å²) in [5.41, 5.74) is 0. The molecule has 1 N–H and O–H groups in total. The Labute approximate surface area is 155 Å². The van der Waals surface area contributed by atoms with Crippen molar-refractivity contribution in [3.8, 4) is 0 Å². The molecule has 1 aliphatic rings. The van der Waals surface area contributed by atoms with Crippen LogP contribution in [0.2, 0.25) is 0 Å².